The van der Waals surface area contributed by atoms with Crippen molar-refractivity contribution in [2.24, 2.45) is 0 Å². The molecule has 1 N–H and O–H groups in total. The number of benzene rings is 1. The van der Waals surface area contributed by atoms with Gasteiger partial charge in [0.2, 0.25) is 11.6 Å². The van der Waals surface area contributed by atoms with Gasteiger partial charge in [-0.3, -0.25) is 10.1 Å². The zero-order valence-electron chi connectivity index (χ0n) is 17.0. The van der Waals surface area contributed by atoms with Crippen molar-refractivity contribution in [2.45, 2.75) is 20.4 Å². The Balaban J connectivity index is 1.52. The van der Waals surface area contributed by atoms with E-state index >= 15 is 0 Å². The Morgan fingerprint density at radius 3 is 2.57 bits per heavy atom. The van der Waals surface area contributed by atoms with Crippen LogP contribution in [0.2, 0.25) is 0 Å². The molecule has 2 aromatic heterocycles. The first-order chi connectivity index (χ1) is 14.5. The third-order valence-electron chi connectivity index (χ3n) is 5.49. The standard InChI is InChI=1S/C21H24N6O3/c1-15-5-3-7-18(16(15)2)25-8-10-26(11-9-25)21-19(27(28)29)20(23-14-24-21)22-13-17-6-4-12-30-17/h3-7,12,14H,8-11,13H2,1-2H3,(H,22,23,24). The van der Waals surface area contributed by atoms with E-state index in [0.717, 1.165) is 13.1 Å². The molecule has 30 heavy (non-hydrogen) atoms. The number of aryl methyl sites for hydroxylation is 1. The fourth-order valence-electron chi connectivity index (χ4n) is 3.72. The summed E-state index contributed by atoms with van der Waals surface area (Å²) < 4.78 is 5.28. The van der Waals surface area contributed by atoms with Crippen LogP contribution in [0.4, 0.5) is 23.0 Å². The predicted molar refractivity (Wildman–Crippen MR) is 115 cm³/mol. The molecule has 0 aliphatic carbocycles. The van der Waals surface area contributed by atoms with Gasteiger partial charge in [0, 0.05) is 31.9 Å². The van der Waals surface area contributed by atoms with Crippen LogP contribution in [0.1, 0.15) is 16.9 Å². The summed E-state index contributed by atoms with van der Waals surface area (Å²) in [4.78, 5) is 24.0. The molecule has 0 spiro atoms. The minimum absolute atomic E-state index is 0.107. The number of piperazine rings is 1. The lowest BCUT2D eigenvalue weighted by molar-refractivity contribution is -0.383. The van der Waals surface area contributed by atoms with E-state index in [4.69, 9.17) is 4.42 Å². The van der Waals surface area contributed by atoms with Crippen LogP contribution in [-0.4, -0.2) is 41.1 Å². The number of hydrogen-bond acceptors (Lipinski definition) is 8. The highest BCUT2D eigenvalue weighted by Crippen LogP contribution is 2.33. The van der Waals surface area contributed by atoms with Crippen molar-refractivity contribution in [3.63, 3.8) is 0 Å². The first kappa shape index (κ1) is 19.7. The van der Waals surface area contributed by atoms with Crippen LogP contribution in [0.3, 0.4) is 0 Å². The topological polar surface area (TPSA) is 101 Å². The molecule has 1 aliphatic rings. The van der Waals surface area contributed by atoms with Crippen LogP contribution in [-0.2, 0) is 6.54 Å². The number of furan rings is 1. The molecule has 3 heterocycles. The summed E-state index contributed by atoms with van der Waals surface area (Å²) in [5, 5.41) is 14.8. The van der Waals surface area contributed by atoms with Crippen LogP contribution in [0.15, 0.2) is 47.3 Å². The van der Waals surface area contributed by atoms with Crippen molar-refractivity contribution in [1.29, 1.82) is 0 Å². The van der Waals surface area contributed by atoms with Gasteiger partial charge >= 0.3 is 5.69 Å². The second kappa shape index (κ2) is 8.40. The molecule has 9 nitrogen and oxygen atoms in total. The number of rotatable bonds is 6. The first-order valence-corrected chi connectivity index (χ1v) is 9.86. The van der Waals surface area contributed by atoms with Crippen molar-refractivity contribution < 1.29 is 9.34 Å². The molecular weight excluding hydrogens is 384 g/mol. The van der Waals surface area contributed by atoms with Gasteiger partial charge in [-0.25, -0.2) is 9.97 Å². The van der Waals surface area contributed by atoms with Crippen molar-refractivity contribution in [3.8, 4) is 0 Å². The lowest BCUT2D eigenvalue weighted by atomic mass is 10.1. The lowest BCUT2D eigenvalue weighted by Crippen LogP contribution is -2.47. The Morgan fingerprint density at radius 1 is 1.10 bits per heavy atom. The molecule has 9 heteroatoms. The van der Waals surface area contributed by atoms with E-state index in [1.54, 1.807) is 18.4 Å². The number of hydrogen-bond donors (Lipinski definition) is 1. The van der Waals surface area contributed by atoms with E-state index in [2.05, 4.69) is 52.2 Å². The third kappa shape index (κ3) is 3.91. The second-order valence-corrected chi connectivity index (χ2v) is 7.28. The van der Waals surface area contributed by atoms with E-state index in [1.807, 2.05) is 4.90 Å². The zero-order valence-corrected chi connectivity index (χ0v) is 17.0. The van der Waals surface area contributed by atoms with E-state index in [-0.39, 0.29) is 11.5 Å². The van der Waals surface area contributed by atoms with E-state index in [1.165, 1.54) is 23.1 Å². The Kier molecular flexibility index (Phi) is 5.51. The number of anilines is 3. The molecule has 1 aromatic carbocycles. The SMILES string of the molecule is Cc1cccc(N2CCN(c3ncnc(NCc4ccco4)c3[N+](=O)[O-])CC2)c1C. The van der Waals surface area contributed by atoms with Gasteiger partial charge < -0.3 is 19.5 Å². The number of nitrogens with zero attached hydrogens (tertiary/aromatic N) is 5. The molecule has 0 radical (unpaired) electrons. The number of aromatic nitrogens is 2. The van der Waals surface area contributed by atoms with Crippen LogP contribution < -0.4 is 15.1 Å². The van der Waals surface area contributed by atoms with E-state index < -0.39 is 4.92 Å². The predicted octanol–water partition coefficient (Wildman–Crippen LogP) is 3.53. The number of nitrogens with one attached hydrogen (secondary N) is 1. The largest absolute Gasteiger partial charge is 0.467 e. The normalized spacial score (nSPS) is 14.1. The van der Waals surface area contributed by atoms with Gasteiger partial charge in [0.15, 0.2) is 0 Å². The Hall–Kier alpha value is -3.62. The second-order valence-electron chi connectivity index (χ2n) is 7.28. The van der Waals surface area contributed by atoms with Gasteiger partial charge in [0.1, 0.15) is 12.1 Å². The fraction of sp³-hybridized carbons (Fsp3) is 0.333. The summed E-state index contributed by atoms with van der Waals surface area (Å²) in [5.74, 6) is 1.21. The highest BCUT2D eigenvalue weighted by molar-refractivity contribution is 5.71. The number of nitro groups is 1. The van der Waals surface area contributed by atoms with Crippen LogP contribution >= 0.6 is 0 Å². The van der Waals surface area contributed by atoms with Crippen LogP contribution in [0.5, 0.6) is 0 Å². The minimum Gasteiger partial charge on any atom is -0.467 e. The Labute approximate surface area is 174 Å². The smallest absolute Gasteiger partial charge is 0.353 e. The van der Waals surface area contributed by atoms with Crippen LogP contribution in [0.25, 0.3) is 0 Å². The van der Waals surface area contributed by atoms with E-state index in [0.29, 0.717) is 31.2 Å². The van der Waals surface area contributed by atoms with Crippen LogP contribution in [0, 0.1) is 24.0 Å². The van der Waals surface area contributed by atoms with Crippen molar-refractivity contribution in [1.82, 2.24) is 9.97 Å². The van der Waals surface area contributed by atoms with Crippen molar-refractivity contribution >= 4 is 23.0 Å². The Morgan fingerprint density at radius 2 is 1.87 bits per heavy atom. The van der Waals surface area contributed by atoms with Gasteiger partial charge in [-0.2, -0.15) is 0 Å². The van der Waals surface area contributed by atoms with Crippen molar-refractivity contribution in [2.75, 3.05) is 41.3 Å². The Bertz CT molecular complexity index is 1030. The zero-order chi connectivity index (χ0) is 21.1. The summed E-state index contributed by atoms with van der Waals surface area (Å²) in [6.45, 7) is 7.36. The molecule has 3 aromatic rings. The maximum absolute atomic E-state index is 11.8. The molecule has 0 unspecified atom stereocenters. The van der Waals surface area contributed by atoms with Gasteiger partial charge in [0.25, 0.3) is 0 Å². The molecule has 1 saturated heterocycles. The summed E-state index contributed by atoms with van der Waals surface area (Å²) in [7, 11) is 0. The quantitative estimate of drug-likeness (QED) is 0.488. The average Bonchev–Trinajstić information content (AvgIpc) is 3.28. The van der Waals surface area contributed by atoms with Crippen molar-refractivity contribution in [3.05, 3.63) is 69.9 Å². The molecule has 0 saturated carbocycles. The van der Waals surface area contributed by atoms with Gasteiger partial charge in [-0.05, 0) is 43.2 Å². The van der Waals surface area contributed by atoms with Gasteiger partial charge in [-0.1, -0.05) is 12.1 Å². The molecule has 4 rings (SSSR count). The molecule has 0 atom stereocenters. The van der Waals surface area contributed by atoms with E-state index in [9.17, 15) is 10.1 Å². The molecule has 156 valence electrons. The summed E-state index contributed by atoms with van der Waals surface area (Å²) in [6.07, 6.45) is 2.93. The molecular formula is C21H24N6O3. The maximum Gasteiger partial charge on any atom is 0.353 e. The highest BCUT2D eigenvalue weighted by atomic mass is 16.6. The molecule has 1 aliphatic heterocycles. The molecule has 0 bridgehead atoms. The summed E-state index contributed by atoms with van der Waals surface area (Å²) in [6, 6.07) is 9.87. The third-order valence-corrected chi connectivity index (χ3v) is 5.49. The van der Waals surface area contributed by atoms with Gasteiger partial charge in [0.05, 0.1) is 17.7 Å². The highest BCUT2D eigenvalue weighted by Gasteiger charge is 2.29. The minimum atomic E-state index is -0.420. The summed E-state index contributed by atoms with van der Waals surface area (Å²) in [5.41, 5.74) is 3.63. The molecule has 0 amide bonds. The fourth-order valence-corrected chi connectivity index (χ4v) is 3.72. The first-order valence-electron chi connectivity index (χ1n) is 9.86. The lowest BCUT2D eigenvalue weighted by Gasteiger charge is -2.37. The molecule has 1 fully saturated rings. The maximum atomic E-state index is 11.8. The average molecular weight is 408 g/mol. The monoisotopic (exact) mass is 408 g/mol. The summed E-state index contributed by atoms with van der Waals surface area (Å²) >= 11 is 0. The van der Waals surface area contributed by atoms with Gasteiger partial charge in [-0.15, -0.1) is 0 Å².